The summed E-state index contributed by atoms with van der Waals surface area (Å²) in [6.45, 7) is 6.67. The maximum Gasteiger partial charge on any atom is 0.323 e. The average molecular weight is 316 g/mol. The van der Waals surface area contributed by atoms with Gasteiger partial charge in [0.1, 0.15) is 16.9 Å². The normalized spacial score (nSPS) is 17.8. The van der Waals surface area contributed by atoms with Crippen LogP contribution in [-0.4, -0.2) is 23.2 Å². The Bertz CT molecular complexity index is 675. The van der Waals surface area contributed by atoms with Gasteiger partial charge in [0, 0.05) is 18.0 Å². The molecule has 1 fully saturated rings. The van der Waals surface area contributed by atoms with Gasteiger partial charge in [-0.25, -0.2) is 4.79 Å². The van der Waals surface area contributed by atoms with Gasteiger partial charge in [0.25, 0.3) is 0 Å². The van der Waals surface area contributed by atoms with Crippen molar-refractivity contribution in [3.8, 4) is 0 Å². The first kappa shape index (κ1) is 15.0. The fourth-order valence-corrected chi connectivity index (χ4v) is 3.89. The van der Waals surface area contributed by atoms with Crippen molar-refractivity contribution in [2.24, 2.45) is 0 Å². The highest BCUT2D eigenvalue weighted by atomic mass is 32.2. The second-order valence-corrected chi connectivity index (χ2v) is 6.75. The number of hydrogen-bond donors (Lipinski definition) is 1. The Balaban J connectivity index is 1.79. The van der Waals surface area contributed by atoms with Gasteiger partial charge in [0.2, 0.25) is 0 Å². The maximum absolute atomic E-state index is 12.7. The van der Waals surface area contributed by atoms with E-state index in [1.807, 2.05) is 56.0 Å². The van der Waals surface area contributed by atoms with Crippen LogP contribution >= 0.6 is 11.8 Å². The zero-order valence-electron chi connectivity index (χ0n) is 13.1. The third-order valence-corrected chi connectivity index (χ3v) is 5.09. The second-order valence-electron chi connectivity index (χ2n) is 5.56. The summed E-state index contributed by atoms with van der Waals surface area (Å²) in [5, 5.41) is 3.02. The summed E-state index contributed by atoms with van der Waals surface area (Å²) >= 11 is 1.74. The molecule has 1 aliphatic rings. The zero-order chi connectivity index (χ0) is 15.7. The van der Waals surface area contributed by atoms with E-state index in [4.69, 9.17) is 4.42 Å². The van der Waals surface area contributed by atoms with Crippen LogP contribution in [0.2, 0.25) is 0 Å². The van der Waals surface area contributed by atoms with E-state index in [9.17, 15) is 4.79 Å². The molecule has 2 aromatic rings. The molecule has 0 saturated carbocycles. The van der Waals surface area contributed by atoms with Crippen molar-refractivity contribution in [1.82, 2.24) is 4.90 Å². The summed E-state index contributed by atoms with van der Waals surface area (Å²) in [6.07, 6.45) is 0. The molecule has 3 rings (SSSR count). The molecule has 2 amide bonds. The van der Waals surface area contributed by atoms with E-state index >= 15 is 0 Å². The topological polar surface area (TPSA) is 45.5 Å². The molecule has 1 saturated heterocycles. The molecule has 1 aromatic carbocycles. The number of para-hydroxylation sites is 1. The quantitative estimate of drug-likeness (QED) is 0.888. The molecule has 4 nitrogen and oxygen atoms in total. The van der Waals surface area contributed by atoms with E-state index in [0.29, 0.717) is 0 Å². The Morgan fingerprint density at radius 2 is 1.95 bits per heavy atom. The monoisotopic (exact) mass is 316 g/mol. The van der Waals surface area contributed by atoms with Crippen LogP contribution < -0.4 is 5.32 Å². The summed E-state index contributed by atoms with van der Waals surface area (Å²) in [6, 6.07) is 9.85. The predicted molar refractivity (Wildman–Crippen MR) is 90.3 cm³/mol. The number of thioether (sulfide) groups is 1. The van der Waals surface area contributed by atoms with E-state index in [2.05, 4.69) is 5.32 Å². The summed E-state index contributed by atoms with van der Waals surface area (Å²) in [5.74, 6) is 2.64. The first-order valence-electron chi connectivity index (χ1n) is 7.38. The lowest BCUT2D eigenvalue weighted by Crippen LogP contribution is -2.34. The van der Waals surface area contributed by atoms with Crippen LogP contribution in [0.3, 0.4) is 0 Å². The van der Waals surface area contributed by atoms with Crippen molar-refractivity contribution in [3.63, 3.8) is 0 Å². The fourth-order valence-electron chi connectivity index (χ4n) is 2.69. The summed E-state index contributed by atoms with van der Waals surface area (Å²) < 4.78 is 5.70. The molecule has 116 valence electrons. The van der Waals surface area contributed by atoms with E-state index in [1.54, 1.807) is 11.8 Å². The number of amides is 2. The van der Waals surface area contributed by atoms with Crippen LogP contribution in [0.5, 0.6) is 0 Å². The molecule has 2 heterocycles. The van der Waals surface area contributed by atoms with Gasteiger partial charge in [-0.1, -0.05) is 18.2 Å². The molecular formula is C17H20N2O2S. The Morgan fingerprint density at radius 3 is 2.59 bits per heavy atom. The van der Waals surface area contributed by atoms with Gasteiger partial charge in [-0.15, -0.1) is 11.8 Å². The molecule has 1 aromatic heterocycles. The number of furan rings is 1. The van der Waals surface area contributed by atoms with Crippen molar-refractivity contribution in [1.29, 1.82) is 0 Å². The molecule has 0 radical (unpaired) electrons. The molecule has 0 unspecified atom stereocenters. The third kappa shape index (κ3) is 2.86. The van der Waals surface area contributed by atoms with Gasteiger partial charge in [-0.3, -0.25) is 0 Å². The van der Waals surface area contributed by atoms with E-state index in [0.717, 1.165) is 40.6 Å². The Hall–Kier alpha value is -1.88. The predicted octanol–water partition coefficient (Wildman–Crippen LogP) is 4.48. The highest BCUT2D eigenvalue weighted by Crippen LogP contribution is 2.39. The first-order valence-corrected chi connectivity index (χ1v) is 8.43. The number of carbonyl (C=O) groups is 1. The molecule has 1 aliphatic heterocycles. The number of benzene rings is 1. The van der Waals surface area contributed by atoms with Crippen LogP contribution in [0.4, 0.5) is 10.5 Å². The van der Waals surface area contributed by atoms with Crippen LogP contribution in [0.25, 0.3) is 0 Å². The minimum atomic E-state index is -0.0681. The number of anilines is 1. The molecule has 1 N–H and O–H groups in total. The minimum Gasteiger partial charge on any atom is -0.463 e. The Morgan fingerprint density at radius 1 is 1.23 bits per heavy atom. The largest absolute Gasteiger partial charge is 0.463 e. The van der Waals surface area contributed by atoms with Gasteiger partial charge in [0.15, 0.2) is 0 Å². The van der Waals surface area contributed by atoms with Crippen LogP contribution in [-0.2, 0) is 0 Å². The van der Waals surface area contributed by atoms with Gasteiger partial charge >= 0.3 is 6.03 Å². The molecule has 5 heteroatoms. The highest BCUT2D eigenvalue weighted by molar-refractivity contribution is 7.99. The van der Waals surface area contributed by atoms with Gasteiger partial charge in [-0.2, -0.15) is 0 Å². The van der Waals surface area contributed by atoms with E-state index in [1.165, 1.54) is 0 Å². The number of aryl methyl sites for hydroxylation is 3. The number of nitrogens with zero attached hydrogens (tertiary/aromatic N) is 1. The Kier molecular flexibility index (Phi) is 4.16. The summed E-state index contributed by atoms with van der Waals surface area (Å²) in [4.78, 5) is 14.5. The number of urea groups is 1. The van der Waals surface area contributed by atoms with Crippen LogP contribution in [0.1, 0.15) is 28.0 Å². The van der Waals surface area contributed by atoms with Gasteiger partial charge < -0.3 is 14.6 Å². The van der Waals surface area contributed by atoms with Crippen LogP contribution in [0.15, 0.2) is 34.7 Å². The smallest absolute Gasteiger partial charge is 0.323 e. The fraction of sp³-hybridized carbons (Fsp3) is 0.353. The minimum absolute atomic E-state index is 0.0435. The number of hydrogen-bond acceptors (Lipinski definition) is 3. The number of carbonyl (C=O) groups excluding carboxylic acids is 1. The van der Waals surface area contributed by atoms with Crippen LogP contribution in [0, 0.1) is 20.8 Å². The molecule has 0 bridgehead atoms. The maximum atomic E-state index is 12.7. The van der Waals surface area contributed by atoms with Gasteiger partial charge in [-0.05, 0) is 44.0 Å². The molecule has 1 atom stereocenters. The lowest BCUT2D eigenvalue weighted by atomic mass is 10.1. The van der Waals surface area contributed by atoms with Gasteiger partial charge in [0.05, 0.1) is 0 Å². The van der Waals surface area contributed by atoms with Crippen molar-refractivity contribution in [2.75, 3.05) is 17.6 Å². The Labute approximate surface area is 134 Å². The lowest BCUT2D eigenvalue weighted by Gasteiger charge is -2.23. The van der Waals surface area contributed by atoms with E-state index < -0.39 is 0 Å². The average Bonchev–Trinajstić information content (AvgIpc) is 3.11. The van der Waals surface area contributed by atoms with Crippen molar-refractivity contribution in [3.05, 3.63) is 53.0 Å². The van der Waals surface area contributed by atoms with Crippen molar-refractivity contribution in [2.45, 2.75) is 26.1 Å². The summed E-state index contributed by atoms with van der Waals surface area (Å²) in [7, 11) is 0. The lowest BCUT2D eigenvalue weighted by molar-refractivity contribution is 0.209. The summed E-state index contributed by atoms with van der Waals surface area (Å²) in [5.41, 5.74) is 3.05. The molecule has 0 spiro atoms. The van der Waals surface area contributed by atoms with E-state index in [-0.39, 0.29) is 11.4 Å². The molecule has 22 heavy (non-hydrogen) atoms. The molecular weight excluding hydrogens is 296 g/mol. The second kappa shape index (κ2) is 6.08. The highest BCUT2D eigenvalue weighted by Gasteiger charge is 2.33. The number of rotatable bonds is 2. The van der Waals surface area contributed by atoms with Crippen molar-refractivity contribution >= 4 is 23.5 Å². The standard InChI is InChI=1S/C17H20N2O2S/c1-11-5-4-6-12(2)15(11)18-17(20)19-9-10-22-16(19)14-8-7-13(3)21-14/h4-8,16H,9-10H2,1-3H3,(H,18,20)/t16-/m0/s1. The van der Waals surface area contributed by atoms with Crippen molar-refractivity contribution < 1.29 is 9.21 Å². The SMILES string of the molecule is Cc1ccc([C@@H]2SCCN2C(=O)Nc2c(C)cccc2C)o1. The third-order valence-electron chi connectivity index (χ3n) is 3.87. The zero-order valence-corrected chi connectivity index (χ0v) is 13.9. The number of nitrogens with one attached hydrogen (secondary N) is 1. The molecule has 0 aliphatic carbocycles. The first-order chi connectivity index (χ1) is 10.6.